The first-order chi connectivity index (χ1) is 9.24. The van der Waals surface area contributed by atoms with Gasteiger partial charge in [0, 0.05) is 18.7 Å². The molecule has 1 aromatic rings. The monoisotopic (exact) mass is 262 g/mol. The number of aryl methyl sites for hydroxylation is 1. The number of carbonyl (C=O) groups excluding carboxylic acids is 1. The zero-order valence-corrected chi connectivity index (χ0v) is 11.3. The van der Waals surface area contributed by atoms with Gasteiger partial charge in [0.25, 0.3) is 0 Å². The molecule has 19 heavy (non-hydrogen) atoms. The number of likely N-dealkylation sites (tertiary alicyclic amines) is 1. The van der Waals surface area contributed by atoms with E-state index >= 15 is 0 Å². The number of nitrogen functional groups attached to an aromatic ring is 1. The van der Waals surface area contributed by atoms with Crippen molar-refractivity contribution < 1.29 is 9.53 Å². The Morgan fingerprint density at radius 1 is 1.21 bits per heavy atom. The molecule has 1 aromatic carbocycles. The summed E-state index contributed by atoms with van der Waals surface area (Å²) in [5, 5.41) is 0. The van der Waals surface area contributed by atoms with Crippen LogP contribution in [0.5, 0.6) is 0 Å². The van der Waals surface area contributed by atoms with Crippen molar-refractivity contribution in [2.75, 3.05) is 32.0 Å². The Bertz CT molecular complexity index is 397. The van der Waals surface area contributed by atoms with Gasteiger partial charge in [-0.2, -0.15) is 0 Å². The van der Waals surface area contributed by atoms with Crippen LogP contribution in [-0.4, -0.2) is 37.1 Å². The number of hydrogen-bond acceptors (Lipinski definition) is 4. The molecule has 1 aliphatic rings. The summed E-state index contributed by atoms with van der Waals surface area (Å²) in [7, 11) is 0. The van der Waals surface area contributed by atoms with E-state index in [0.29, 0.717) is 19.4 Å². The van der Waals surface area contributed by atoms with Crippen LogP contribution >= 0.6 is 0 Å². The zero-order chi connectivity index (χ0) is 13.5. The van der Waals surface area contributed by atoms with E-state index in [1.807, 2.05) is 24.3 Å². The molecule has 0 aromatic heterocycles. The van der Waals surface area contributed by atoms with Gasteiger partial charge in [0.05, 0.1) is 0 Å². The van der Waals surface area contributed by atoms with Crippen LogP contribution in [0.2, 0.25) is 0 Å². The Labute approximate surface area is 114 Å². The third-order valence-corrected chi connectivity index (χ3v) is 3.47. The minimum Gasteiger partial charge on any atom is -0.464 e. The number of hydrogen-bond donors (Lipinski definition) is 1. The lowest BCUT2D eigenvalue weighted by Gasteiger charge is -2.14. The molecule has 2 rings (SSSR count). The van der Waals surface area contributed by atoms with Crippen LogP contribution in [0, 0.1) is 0 Å². The fourth-order valence-electron chi connectivity index (χ4n) is 2.30. The summed E-state index contributed by atoms with van der Waals surface area (Å²) >= 11 is 0. The molecule has 1 heterocycles. The molecule has 0 amide bonds. The summed E-state index contributed by atoms with van der Waals surface area (Å²) < 4.78 is 5.24. The van der Waals surface area contributed by atoms with E-state index in [9.17, 15) is 4.79 Å². The van der Waals surface area contributed by atoms with E-state index < -0.39 is 0 Å². The third kappa shape index (κ3) is 4.91. The smallest absolute Gasteiger partial charge is 0.306 e. The molecule has 104 valence electrons. The summed E-state index contributed by atoms with van der Waals surface area (Å²) in [6.07, 6.45) is 3.68. The first kappa shape index (κ1) is 13.9. The Hall–Kier alpha value is -1.55. The minimum atomic E-state index is -0.115. The second kappa shape index (κ2) is 7.14. The van der Waals surface area contributed by atoms with Crippen LogP contribution in [0.3, 0.4) is 0 Å². The number of carbonyl (C=O) groups is 1. The van der Waals surface area contributed by atoms with E-state index in [0.717, 1.165) is 30.9 Å². The molecule has 0 bridgehead atoms. The predicted octanol–water partition coefficient (Wildman–Crippen LogP) is 1.84. The molecule has 4 heteroatoms. The lowest BCUT2D eigenvalue weighted by atomic mass is 10.1. The fraction of sp³-hybridized carbons (Fsp3) is 0.533. The van der Waals surface area contributed by atoms with E-state index in [-0.39, 0.29) is 5.97 Å². The highest BCUT2D eigenvalue weighted by molar-refractivity contribution is 5.69. The molecule has 0 aliphatic carbocycles. The highest BCUT2D eigenvalue weighted by atomic mass is 16.5. The molecule has 0 atom stereocenters. The molecule has 0 saturated carbocycles. The van der Waals surface area contributed by atoms with Gasteiger partial charge in [0.15, 0.2) is 0 Å². The Morgan fingerprint density at radius 3 is 2.58 bits per heavy atom. The van der Waals surface area contributed by atoms with Crippen molar-refractivity contribution in [3.63, 3.8) is 0 Å². The highest BCUT2D eigenvalue weighted by Gasteiger charge is 2.11. The number of esters is 1. The summed E-state index contributed by atoms with van der Waals surface area (Å²) in [5.74, 6) is -0.115. The quantitative estimate of drug-likeness (QED) is 0.628. The lowest BCUT2D eigenvalue weighted by molar-refractivity contribution is -0.143. The normalized spacial score (nSPS) is 15.6. The topological polar surface area (TPSA) is 55.6 Å². The molecule has 1 fully saturated rings. The van der Waals surface area contributed by atoms with E-state index in [2.05, 4.69) is 4.90 Å². The summed E-state index contributed by atoms with van der Waals surface area (Å²) in [5.41, 5.74) is 7.48. The first-order valence-corrected chi connectivity index (χ1v) is 6.96. The summed E-state index contributed by atoms with van der Waals surface area (Å²) in [6.45, 7) is 3.67. The molecular formula is C15H22N2O2. The van der Waals surface area contributed by atoms with Crippen molar-refractivity contribution in [2.24, 2.45) is 0 Å². The average Bonchev–Trinajstić information content (AvgIpc) is 2.91. The van der Waals surface area contributed by atoms with Gasteiger partial charge in [0.1, 0.15) is 6.61 Å². The van der Waals surface area contributed by atoms with Crippen LogP contribution in [-0.2, 0) is 16.0 Å². The number of nitrogens with zero attached hydrogens (tertiary/aromatic N) is 1. The highest BCUT2D eigenvalue weighted by Crippen LogP contribution is 2.09. The number of benzene rings is 1. The summed E-state index contributed by atoms with van der Waals surface area (Å²) in [4.78, 5) is 13.9. The van der Waals surface area contributed by atoms with E-state index in [1.54, 1.807) is 0 Å². The molecule has 1 aliphatic heterocycles. The number of ether oxygens (including phenoxy) is 1. The van der Waals surface area contributed by atoms with Gasteiger partial charge in [-0.3, -0.25) is 9.69 Å². The van der Waals surface area contributed by atoms with Crippen LogP contribution in [0.25, 0.3) is 0 Å². The van der Waals surface area contributed by atoms with Gasteiger partial charge in [0.2, 0.25) is 0 Å². The van der Waals surface area contributed by atoms with Crippen LogP contribution in [0.4, 0.5) is 5.69 Å². The molecule has 1 saturated heterocycles. The average molecular weight is 262 g/mol. The molecule has 2 N–H and O–H groups in total. The maximum atomic E-state index is 11.6. The maximum absolute atomic E-state index is 11.6. The molecular weight excluding hydrogens is 240 g/mol. The number of nitrogens with two attached hydrogens (primary N) is 1. The predicted molar refractivity (Wildman–Crippen MR) is 75.8 cm³/mol. The molecule has 0 unspecified atom stereocenters. The second-order valence-corrected chi connectivity index (χ2v) is 5.01. The van der Waals surface area contributed by atoms with Gasteiger partial charge in [-0.1, -0.05) is 12.1 Å². The maximum Gasteiger partial charge on any atom is 0.306 e. The fourth-order valence-corrected chi connectivity index (χ4v) is 2.30. The van der Waals surface area contributed by atoms with Crippen molar-refractivity contribution >= 4 is 11.7 Å². The molecule has 0 spiro atoms. The van der Waals surface area contributed by atoms with E-state index in [4.69, 9.17) is 10.5 Å². The van der Waals surface area contributed by atoms with Crippen molar-refractivity contribution in [3.05, 3.63) is 29.8 Å². The largest absolute Gasteiger partial charge is 0.464 e. The van der Waals surface area contributed by atoms with E-state index in [1.165, 1.54) is 12.8 Å². The van der Waals surface area contributed by atoms with Crippen LogP contribution < -0.4 is 5.73 Å². The Morgan fingerprint density at radius 2 is 1.89 bits per heavy atom. The third-order valence-electron chi connectivity index (χ3n) is 3.47. The van der Waals surface area contributed by atoms with Gasteiger partial charge in [-0.05, 0) is 50.0 Å². The van der Waals surface area contributed by atoms with Crippen molar-refractivity contribution in [2.45, 2.75) is 25.7 Å². The molecule has 4 nitrogen and oxygen atoms in total. The molecule has 0 radical (unpaired) electrons. The van der Waals surface area contributed by atoms with Gasteiger partial charge in [-0.15, -0.1) is 0 Å². The van der Waals surface area contributed by atoms with Crippen molar-refractivity contribution in [3.8, 4) is 0 Å². The SMILES string of the molecule is Nc1ccc(CCC(=O)OCCN2CCCC2)cc1. The minimum absolute atomic E-state index is 0.115. The second-order valence-electron chi connectivity index (χ2n) is 5.01. The first-order valence-electron chi connectivity index (χ1n) is 6.96. The van der Waals surface area contributed by atoms with Gasteiger partial charge >= 0.3 is 5.97 Å². The van der Waals surface area contributed by atoms with Crippen molar-refractivity contribution in [1.29, 1.82) is 0 Å². The van der Waals surface area contributed by atoms with Gasteiger partial charge < -0.3 is 10.5 Å². The van der Waals surface area contributed by atoms with Crippen LogP contribution in [0.1, 0.15) is 24.8 Å². The standard InChI is InChI=1S/C15H22N2O2/c16-14-6-3-13(4-7-14)5-8-15(18)19-12-11-17-9-1-2-10-17/h3-4,6-7H,1-2,5,8-12,16H2. The summed E-state index contributed by atoms with van der Waals surface area (Å²) in [6, 6.07) is 7.61. The Balaban J connectivity index is 1.60. The Kier molecular flexibility index (Phi) is 5.21. The zero-order valence-electron chi connectivity index (χ0n) is 11.3. The van der Waals surface area contributed by atoms with Gasteiger partial charge in [-0.25, -0.2) is 0 Å². The number of anilines is 1. The number of rotatable bonds is 6. The van der Waals surface area contributed by atoms with Crippen LogP contribution in [0.15, 0.2) is 24.3 Å². The van der Waals surface area contributed by atoms with Crippen molar-refractivity contribution in [1.82, 2.24) is 4.90 Å². The lowest BCUT2D eigenvalue weighted by Crippen LogP contribution is -2.25.